The van der Waals surface area contributed by atoms with Crippen LogP contribution in [0.5, 0.6) is 0 Å². The van der Waals surface area contributed by atoms with Crippen LogP contribution in [-0.2, 0) is 35.0 Å². The number of carbonyl (C=O) groups excluding carboxylic acids is 1. The SMILES string of the molecule is CC(C)(C)C(=O)N[O-].CN1CCN(C)Cc2cccc(n2)CN(C)CC1.[Fe+6].[O-][Cl+3]([O-])([O-])[O-].[O-][Cl+3]([O-])([O-])[O-]. The van der Waals surface area contributed by atoms with Crippen molar-refractivity contribution in [2.24, 2.45) is 5.41 Å². The van der Waals surface area contributed by atoms with Crippen LogP contribution in [0.15, 0.2) is 18.2 Å². The van der Waals surface area contributed by atoms with E-state index in [4.69, 9.17) is 42.3 Å². The van der Waals surface area contributed by atoms with Crippen LogP contribution in [0.4, 0.5) is 0 Å². The fourth-order valence-electron chi connectivity index (χ4n) is 2.36. The first-order chi connectivity index (χ1) is 16.1. The standard InChI is InChI=1S/C14H24N4.C5H10NO2.2ClHO4.Fe/c1-16-7-9-17(2)11-13-5-4-6-14(15-13)12-18(3)10-8-16;1-5(2,3)4(7)6-8;2*2-1(3,4)5;/h4-6H,7-12H2,1-3H3;1-3H3,(H-,6,7,8);2*(H,2,3,4,5);/q;-1;;;+6/p-2. The number of likely N-dealkylation sites (N-methyl/N-ethyl adjacent to an activating group) is 3. The summed E-state index contributed by atoms with van der Waals surface area (Å²) in [5, 5.41) is 9.68. The van der Waals surface area contributed by atoms with Crippen LogP contribution in [0.25, 0.3) is 0 Å². The van der Waals surface area contributed by atoms with Crippen molar-refractivity contribution in [3.63, 3.8) is 0 Å². The summed E-state index contributed by atoms with van der Waals surface area (Å²) < 4.78 is 67.9. The average molecular weight is 619 g/mol. The van der Waals surface area contributed by atoms with Crippen molar-refractivity contribution in [3.8, 4) is 0 Å². The molecule has 0 spiro atoms. The van der Waals surface area contributed by atoms with Gasteiger partial charge in [-0.1, -0.05) is 26.8 Å². The second-order valence-corrected chi connectivity index (χ2v) is 10.3. The molecule has 0 fully saturated rings. The van der Waals surface area contributed by atoms with Crippen LogP contribution < -0.4 is 42.8 Å². The summed E-state index contributed by atoms with van der Waals surface area (Å²) in [6.45, 7) is 11.3. The number of hydroxylamine groups is 1. The molecule has 0 aliphatic carbocycles. The van der Waals surface area contributed by atoms with Crippen molar-refractivity contribution in [2.75, 3.05) is 47.3 Å². The number of hydrogen-bond donors (Lipinski definition) is 1. The van der Waals surface area contributed by atoms with Gasteiger partial charge in [-0.2, -0.15) is 0 Å². The minimum Gasteiger partial charge on any atom is -0.759 e. The van der Waals surface area contributed by atoms with Gasteiger partial charge in [0.1, 0.15) is 0 Å². The van der Waals surface area contributed by atoms with Gasteiger partial charge in [-0.15, -0.1) is 20.5 Å². The molecule has 1 aromatic rings. The molecular weight excluding hydrogens is 585 g/mol. The molecule has 0 aromatic carbocycles. The number of amides is 1. The van der Waals surface area contributed by atoms with Gasteiger partial charge in [0.15, 0.2) is 0 Å². The van der Waals surface area contributed by atoms with Gasteiger partial charge in [0.25, 0.3) is 0 Å². The number of halogens is 2. The van der Waals surface area contributed by atoms with Crippen LogP contribution >= 0.6 is 0 Å². The van der Waals surface area contributed by atoms with E-state index in [-0.39, 0.29) is 17.1 Å². The fraction of sp³-hybridized carbons (Fsp3) is 0.684. The van der Waals surface area contributed by atoms with Crippen LogP contribution in [0.1, 0.15) is 32.2 Å². The maximum Gasteiger partial charge on any atom is 6.00 e. The molecule has 37 heavy (non-hydrogen) atoms. The maximum atomic E-state index is 10.4. The number of carbonyl (C=O) groups is 1. The van der Waals surface area contributed by atoms with Crippen molar-refractivity contribution in [1.82, 2.24) is 25.2 Å². The number of nitrogens with one attached hydrogen (secondary N) is 1. The Morgan fingerprint density at radius 3 is 1.32 bits per heavy atom. The third-order valence-corrected chi connectivity index (χ3v) is 4.23. The van der Waals surface area contributed by atoms with E-state index >= 15 is 0 Å². The van der Waals surface area contributed by atoms with Gasteiger partial charge < -0.3 is 15.6 Å². The van der Waals surface area contributed by atoms with Crippen LogP contribution in [0, 0.1) is 31.1 Å². The average Bonchev–Trinajstić information content (AvgIpc) is 2.67. The Hall–Kier alpha value is -0.761. The van der Waals surface area contributed by atoms with Gasteiger partial charge in [-0.3, -0.25) is 19.6 Å². The van der Waals surface area contributed by atoms with E-state index < -0.39 is 31.8 Å². The molecule has 1 aliphatic heterocycles. The summed E-state index contributed by atoms with van der Waals surface area (Å²) in [4.78, 5) is 22.2. The van der Waals surface area contributed by atoms with E-state index in [0.717, 1.165) is 39.3 Å². The Morgan fingerprint density at radius 2 is 1.08 bits per heavy atom. The number of pyridine rings is 1. The Balaban J connectivity index is -0.000000507. The summed E-state index contributed by atoms with van der Waals surface area (Å²) in [7, 11) is -3.36. The molecule has 1 N–H and O–H groups in total. The first-order valence-electron chi connectivity index (χ1n) is 10.3. The molecule has 1 aromatic heterocycles. The first kappa shape index (κ1) is 40.7. The summed E-state index contributed by atoms with van der Waals surface area (Å²) in [6, 6.07) is 6.36. The Kier molecular flexibility index (Phi) is 21.3. The molecule has 2 rings (SSSR count). The first-order valence-corrected chi connectivity index (χ1v) is 12.7. The number of hydrogen-bond acceptors (Lipinski definition) is 14. The molecule has 2 bridgehead atoms. The molecule has 214 valence electrons. The van der Waals surface area contributed by atoms with Crippen molar-refractivity contribution in [1.29, 1.82) is 0 Å². The van der Waals surface area contributed by atoms with Crippen molar-refractivity contribution < 1.29 is 79.6 Å². The molecule has 0 atom stereocenters. The van der Waals surface area contributed by atoms with E-state index in [1.54, 1.807) is 20.8 Å². The normalized spacial score (nSPS) is 16.0. The Bertz CT molecular complexity index is 696. The van der Waals surface area contributed by atoms with Gasteiger partial charge in [0.2, 0.25) is 5.91 Å². The third-order valence-electron chi connectivity index (χ3n) is 4.23. The number of aromatic nitrogens is 1. The molecule has 1 amide bonds. The summed E-state index contributed by atoms with van der Waals surface area (Å²) in [5.41, 5.74) is 3.11. The van der Waals surface area contributed by atoms with Gasteiger partial charge in [-0.05, 0) is 33.3 Å². The van der Waals surface area contributed by atoms with E-state index in [9.17, 15) is 10.0 Å². The fourth-order valence-corrected chi connectivity index (χ4v) is 2.36. The van der Waals surface area contributed by atoms with Gasteiger partial charge in [-0.25, -0.2) is 37.3 Å². The van der Waals surface area contributed by atoms with Crippen LogP contribution in [0.3, 0.4) is 0 Å². The van der Waals surface area contributed by atoms with Crippen molar-refractivity contribution in [3.05, 3.63) is 34.8 Å². The Labute approximate surface area is 231 Å². The van der Waals surface area contributed by atoms with Crippen LogP contribution in [0.2, 0.25) is 0 Å². The number of fused-ring (bicyclic) bond motifs is 2. The van der Waals surface area contributed by atoms with Crippen molar-refractivity contribution in [2.45, 2.75) is 33.9 Å². The maximum absolute atomic E-state index is 10.4. The number of nitrogens with zero attached hydrogens (tertiary/aromatic N) is 4. The van der Waals surface area contributed by atoms with E-state index in [0.29, 0.717) is 0 Å². The molecule has 0 unspecified atom stereocenters. The van der Waals surface area contributed by atoms with Crippen LogP contribution in [-0.4, -0.2) is 72.9 Å². The summed E-state index contributed by atoms with van der Waals surface area (Å²) >= 11 is 0. The van der Waals surface area contributed by atoms with Crippen molar-refractivity contribution >= 4 is 5.91 Å². The Morgan fingerprint density at radius 1 is 0.784 bits per heavy atom. The smallest absolute Gasteiger partial charge is 0.759 e. The third kappa shape index (κ3) is 31.4. The quantitative estimate of drug-likeness (QED) is 0.209. The molecular formula is C19H34Cl2FeN5O10+3. The molecule has 18 heteroatoms. The minimum absolute atomic E-state index is 0. The zero-order valence-electron chi connectivity index (χ0n) is 21.5. The largest absolute Gasteiger partial charge is 6.00 e. The van der Waals surface area contributed by atoms with E-state index in [2.05, 4.69) is 54.0 Å². The molecule has 0 saturated heterocycles. The molecule has 2 heterocycles. The summed E-state index contributed by atoms with van der Waals surface area (Å²) in [6.07, 6.45) is 0. The minimum atomic E-state index is -4.94. The van der Waals surface area contributed by atoms with E-state index in [1.807, 2.05) is 0 Å². The number of rotatable bonds is 0. The molecule has 1 aliphatic rings. The monoisotopic (exact) mass is 618 g/mol. The zero-order valence-corrected chi connectivity index (χ0v) is 24.1. The topological polar surface area (TPSA) is 259 Å². The molecule has 0 saturated carbocycles. The van der Waals surface area contributed by atoms with E-state index in [1.165, 1.54) is 16.9 Å². The second kappa shape index (κ2) is 19.3. The van der Waals surface area contributed by atoms with Gasteiger partial charge in [0, 0.05) is 44.7 Å². The second-order valence-electron chi connectivity index (χ2n) is 8.84. The molecule has 15 nitrogen and oxygen atoms in total. The summed E-state index contributed by atoms with van der Waals surface area (Å²) in [5.74, 6) is -0.475. The zero-order chi connectivity index (χ0) is 28.7. The predicted molar refractivity (Wildman–Crippen MR) is 105 cm³/mol. The molecule has 0 radical (unpaired) electrons. The van der Waals surface area contributed by atoms with Gasteiger partial charge >= 0.3 is 17.1 Å². The van der Waals surface area contributed by atoms with Gasteiger partial charge in [0.05, 0.1) is 11.4 Å². The predicted octanol–water partition coefficient (Wildman–Crippen LogP) is -7.98.